The van der Waals surface area contributed by atoms with E-state index in [0.29, 0.717) is 22.4 Å². The minimum absolute atomic E-state index is 0.209. The van der Waals surface area contributed by atoms with E-state index in [1.165, 1.54) is 17.1 Å². The standard InChI is InChI=1S/C21H15N3O2S/c22-12-17-7-3-4-8-18(17)14-27-21-24-23-20(26-21)13-25-19-10-9-15-5-1-2-6-16(15)11-19/h1-11H,13-14H2. The van der Waals surface area contributed by atoms with Crippen LogP contribution in [0.4, 0.5) is 0 Å². The van der Waals surface area contributed by atoms with Gasteiger partial charge in [0.25, 0.3) is 11.1 Å². The van der Waals surface area contributed by atoms with Crippen LogP contribution in [0.25, 0.3) is 10.8 Å². The van der Waals surface area contributed by atoms with Crippen LogP contribution in [-0.4, -0.2) is 10.2 Å². The van der Waals surface area contributed by atoms with Gasteiger partial charge in [-0.15, -0.1) is 10.2 Å². The zero-order valence-electron chi connectivity index (χ0n) is 14.3. The number of benzene rings is 3. The molecule has 3 aromatic carbocycles. The molecule has 0 saturated carbocycles. The molecule has 1 heterocycles. The largest absolute Gasteiger partial charge is 0.484 e. The van der Waals surface area contributed by atoms with Crippen LogP contribution in [0, 0.1) is 11.3 Å². The molecule has 0 amide bonds. The number of hydrogen-bond donors (Lipinski definition) is 0. The maximum atomic E-state index is 9.14. The van der Waals surface area contributed by atoms with Crippen LogP contribution in [0.3, 0.4) is 0 Å². The van der Waals surface area contributed by atoms with Crippen molar-refractivity contribution >= 4 is 22.5 Å². The number of ether oxygens (including phenoxy) is 1. The zero-order valence-corrected chi connectivity index (χ0v) is 15.1. The highest BCUT2D eigenvalue weighted by atomic mass is 32.2. The molecular formula is C21H15N3O2S. The van der Waals surface area contributed by atoms with Crippen LogP contribution in [-0.2, 0) is 12.4 Å². The lowest BCUT2D eigenvalue weighted by atomic mass is 10.1. The Hall–Kier alpha value is -3.30. The van der Waals surface area contributed by atoms with Gasteiger partial charge < -0.3 is 9.15 Å². The number of thioether (sulfide) groups is 1. The Morgan fingerprint density at radius 1 is 0.963 bits per heavy atom. The first kappa shape index (κ1) is 17.1. The molecule has 0 bridgehead atoms. The van der Waals surface area contributed by atoms with E-state index in [1.54, 1.807) is 6.07 Å². The molecule has 0 atom stereocenters. The molecule has 4 aromatic rings. The van der Waals surface area contributed by atoms with Crippen molar-refractivity contribution in [1.82, 2.24) is 10.2 Å². The van der Waals surface area contributed by atoms with Crippen molar-refractivity contribution in [3.63, 3.8) is 0 Å². The molecule has 0 fully saturated rings. The average Bonchev–Trinajstić information content (AvgIpc) is 3.18. The number of fused-ring (bicyclic) bond motifs is 1. The third kappa shape index (κ3) is 4.10. The molecular weight excluding hydrogens is 358 g/mol. The predicted octanol–water partition coefficient (Wildman–Crippen LogP) is 4.97. The summed E-state index contributed by atoms with van der Waals surface area (Å²) in [4.78, 5) is 0. The fourth-order valence-corrected chi connectivity index (χ4v) is 3.44. The quantitative estimate of drug-likeness (QED) is 0.445. The molecule has 0 aliphatic heterocycles. The summed E-state index contributed by atoms with van der Waals surface area (Å²) in [5, 5.41) is 19.9. The van der Waals surface area contributed by atoms with E-state index < -0.39 is 0 Å². The maximum absolute atomic E-state index is 9.14. The van der Waals surface area contributed by atoms with Gasteiger partial charge in [-0.2, -0.15) is 5.26 Å². The Labute approximate surface area is 160 Å². The Kier molecular flexibility index (Phi) is 5.04. The molecule has 27 heavy (non-hydrogen) atoms. The number of rotatable bonds is 6. The summed E-state index contributed by atoms with van der Waals surface area (Å²) in [7, 11) is 0. The maximum Gasteiger partial charge on any atom is 0.277 e. The van der Waals surface area contributed by atoms with E-state index in [9.17, 15) is 0 Å². The van der Waals surface area contributed by atoms with Gasteiger partial charge in [0.05, 0.1) is 11.6 Å². The molecule has 6 heteroatoms. The van der Waals surface area contributed by atoms with Gasteiger partial charge in [0, 0.05) is 5.75 Å². The summed E-state index contributed by atoms with van der Waals surface area (Å²) < 4.78 is 11.4. The summed E-state index contributed by atoms with van der Waals surface area (Å²) >= 11 is 1.40. The van der Waals surface area contributed by atoms with Crippen molar-refractivity contribution in [2.45, 2.75) is 17.6 Å². The first-order valence-corrected chi connectivity index (χ1v) is 9.35. The molecule has 132 valence electrons. The molecule has 0 N–H and O–H groups in total. The average molecular weight is 373 g/mol. The van der Waals surface area contributed by atoms with Crippen LogP contribution >= 0.6 is 11.8 Å². The Bertz CT molecular complexity index is 1120. The van der Waals surface area contributed by atoms with Crippen molar-refractivity contribution in [2.75, 3.05) is 0 Å². The molecule has 0 saturated heterocycles. The normalized spacial score (nSPS) is 10.6. The van der Waals surface area contributed by atoms with Crippen molar-refractivity contribution in [3.8, 4) is 11.8 Å². The summed E-state index contributed by atoms with van der Waals surface area (Å²) in [5.41, 5.74) is 1.60. The molecule has 4 rings (SSSR count). The lowest BCUT2D eigenvalue weighted by Gasteiger charge is -2.04. The van der Waals surface area contributed by atoms with Gasteiger partial charge in [0.1, 0.15) is 5.75 Å². The number of nitriles is 1. The van der Waals surface area contributed by atoms with Crippen molar-refractivity contribution in [1.29, 1.82) is 5.26 Å². The van der Waals surface area contributed by atoms with E-state index >= 15 is 0 Å². The van der Waals surface area contributed by atoms with Gasteiger partial charge in [0.2, 0.25) is 0 Å². The van der Waals surface area contributed by atoms with E-state index in [4.69, 9.17) is 14.4 Å². The monoisotopic (exact) mass is 373 g/mol. The number of nitrogens with zero attached hydrogens (tertiary/aromatic N) is 3. The third-order valence-corrected chi connectivity index (χ3v) is 4.89. The first-order valence-electron chi connectivity index (χ1n) is 8.36. The minimum atomic E-state index is 0.209. The van der Waals surface area contributed by atoms with Crippen LogP contribution in [0.5, 0.6) is 5.75 Å². The molecule has 0 radical (unpaired) electrons. The van der Waals surface area contributed by atoms with Gasteiger partial charge in [-0.25, -0.2) is 0 Å². The predicted molar refractivity (Wildman–Crippen MR) is 103 cm³/mol. The van der Waals surface area contributed by atoms with Gasteiger partial charge in [-0.3, -0.25) is 0 Å². The molecule has 0 aliphatic rings. The fourth-order valence-electron chi connectivity index (χ4n) is 2.65. The number of hydrogen-bond acceptors (Lipinski definition) is 6. The smallest absolute Gasteiger partial charge is 0.277 e. The van der Waals surface area contributed by atoms with E-state index in [2.05, 4.69) is 22.3 Å². The van der Waals surface area contributed by atoms with Gasteiger partial charge in [0.15, 0.2) is 6.61 Å². The van der Waals surface area contributed by atoms with Crippen LogP contribution in [0.15, 0.2) is 76.4 Å². The molecule has 5 nitrogen and oxygen atoms in total. The van der Waals surface area contributed by atoms with E-state index in [0.717, 1.165) is 16.7 Å². The summed E-state index contributed by atoms with van der Waals surface area (Å²) in [6, 6.07) is 23.7. The Balaban J connectivity index is 1.37. The second-order valence-corrected chi connectivity index (χ2v) is 6.74. The highest BCUT2D eigenvalue weighted by Crippen LogP contribution is 2.24. The van der Waals surface area contributed by atoms with Crippen LogP contribution < -0.4 is 4.74 Å². The molecule has 0 unspecified atom stereocenters. The van der Waals surface area contributed by atoms with E-state index in [1.807, 2.05) is 54.6 Å². The van der Waals surface area contributed by atoms with Crippen LogP contribution in [0.1, 0.15) is 17.0 Å². The highest BCUT2D eigenvalue weighted by molar-refractivity contribution is 7.98. The molecule has 1 aromatic heterocycles. The summed E-state index contributed by atoms with van der Waals surface area (Å²) in [5.74, 6) is 1.76. The molecule has 0 aliphatic carbocycles. The highest BCUT2D eigenvalue weighted by Gasteiger charge is 2.09. The second kappa shape index (κ2) is 7.94. The number of aromatic nitrogens is 2. The second-order valence-electron chi connectivity index (χ2n) is 5.82. The van der Waals surface area contributed by atoms with Gasteiger partial charge >= 0.3 is 0 Å². The third-order valence-electron chi connectivity index (χ3n) is 4.02. The SMILES string of the molecule is N#Cc1ccccc1CSc1nnc(COc2ccc3ccccc3c2)o1. The Morgan fingerprint density at radius 3 is 2.67 bits per heavy atom. The first-order chi connectivity index (χ1) is 13.3. The van der Waals surface area contributed by atoms with Gasteiger partial charge in [-0.1, -0.05) is 60.3 Å². The lowest BCUT2D eigenvalue weighted by molar-refractivity contribution is 0.252. The summed E-state index contributed by atoms with van der Waals surface area (Å²) in [6.07, 6.45) is 0. The molecule has 0 spiro atoms. The van der Waals surface area contributed by atoms with Gasteiger partial charge in [-0.05, 0) is 34.5 Å². The lowest BCUT2D eigenvalue weighted by Crippen LogP contribution is -1.95. The fraction of sp³-hybridized carbons (Fsp3) is 0.0952. The topological polar surface area (TPSA) is 71.9 Å². The zero-order chi connectivity index (χ0) is 18.5. The minimum Gasteiger partial charge on any atom is -0.484 e. The van der Waals surface area contributed by atoms with Crippen molar-refractivity contribution < 1.29 is 9.15 Å². The summed E-state index contributed by atoms with van der Waals surface area (Å²) in [6.45, 7) is 0.209. The van der Waals surface area contributed by atoms with Crippen molar-refractivity contribution in [3.05, 3.63) is 83.7 Å². The Morgan fingerprint density at radius 2 is 1.78 bits per heavy atom. The van der Waals surface area contributed by atoms with Crippen LogP contribution in [0.2, 0.25) is 0 Å². The van der Waals surface area contributed by atoms with E-state index in [-0.39, 0.29) is 6.61 Å². The van der Waals surface area contributed by atoms with Crippen molar-refractivity contribution in [2.24, 2.45) is 0 Å².